The van der Waals surface area contributed by atoms with E-state index in [1.807, 2.05) is 30.3 Å². The first-order valence-corrected chi connectivity index (χ1v) is 9.46. The van der Waals surface area contributed by atoms with Crippen LogP contribution < -0.4 is 10.9 Å². The van der Waals surface area contributed by atoms with Crippen molar-refractivity contribution in [2.75, 3.05) is 0 Å². The molecule has 0 radical (unpaired) electrons. The van der Waals surface area contributed by atoms with Crippen LogP contribution in [-0.4, -0.2) is 20.9 Å². The Morgan fingerprint density at radius 1 is 1.13 bits per heavy atom. The number of hydrogen-bond donors (Lipinski definition) is 2. The van der Waals surface area contributed by atoms with Crippen molar-refractivity contribution in [2.24, 2.45) is 0 Å². The van der Waals surface area contributed by atoms with Gasteiger partial charge in [0.15, 0.2) is 0 Å². The van der Waals surface area contributed by atoms with Crippen molar-refractivity contribution in [3.8, 4) is 0 Å². The lowest BCUT2D eigenvalue weighted by molar-refractivity contribution is 0.0933. The minimum absolute atomic E-state index is 0.266. The molecule has 2 N–H and O–H groups in total. The number of carbonyl (C=O) groups excluding carboxylic acids is 1. The Morgan fingerprint density at radius 2 is 1.90 bits per heavy atom. The van der Waals surface area contributed by atoms with E-state index in [-0.39, 0.29) is 23.7 Å². The number of halogens is 1. The van der Waals surface area contributed by atoms with Crippen molar-refractivity contribution in [1.82, 2.24) is 20.3 Å². The van der Waals surface area contributed by atoms with Gasteiger partial charge in [0.1, 0.15) is 17.3 Å². The third-order valence-corrected chi connectivity index (χ3v) is 4.79. The molecule has 6 nitrogen and oxygen atoms in total. The SMILES string of the molecule is Cc1nc(C[C@@H](NC(=O)c2nccc3ccccc23)c2ccc(F)cc2)cc(=O)[nH]1. The van der Waals surface area contributed by atoms with Crippen molar-refractivity contribution >= 4 is 16.7 Å². The van der Waals surface area contributed by atoms with Crippen LogP contribution in [0.15, 0.2) is 71.7 Å². The number of pyridine rings is 1. The van der Waals surface area contributed by atoms with Gasteiger partial charge in [-0.05, 0) is 36.1 Å². The molecule has 0 saturated heterocycles. The largest absolute Gasteiger partial charge is 0.343 e. The smallest absolute Gasteiger partial charge is 0.271 e. The molecule has 0 aliphatic carbocycles. The van der Waals surface area contributed by atoms with Gasteiger partial charge in [-0.25, -0.2) is 9.37 Å². The van der Waals surface area contributed by atoms with E-state index < -0.39 is 6.04 Å². The molecule has 2 heterocycles. The molecule has 1 atom stereocenters. The topological polar surface area (TPSA) is 87.7 Å². The van der Waals surface area contributed by atoms with Gasteiger partial charge in [-0.3, -0.25) is 14.6 Å². The van der Waals surface area contributed by atoms with E-state index in [1.54, 1.807) is 25.3 Å². The monoisotopic (exact) mass is 402 g/mol. The number of nitrogens with one attached hydrogen (secondary N) is 2. The second kappa shape index (κ2) is 8.24. The fraction of sp³-hybridized carbons (Fsp3) is 0.130. The molecule has 0 aliphatic heterocycles. The second-order valence-corrected chi connectivity index (χ2v) is 6.98. The number of hydrogen-bond acceptors (Lipinski definition) is 4. The zero-order chi connectivity index (χ0) is 21.1. The van der Waals surface area contributed by atoms with Gasteiger partial charge in [-0.2, -0.15) is 0 Å². The van der Waals surface area contributed by atoms with Crippen LogP contribution in [0.4, 0.5) is 4.39 Å². The maximum atomic E-state index is 13.4. The first kappa shape index (κ1) is 19.4. The van der Waals surface area contributed by atoms with Gasteiger partial charge in [0.2, 0.25) is 0 Å². The summed E-state index contributed by atoms with van der Waals surface area (Å²) >= 11 is 0. The van der Waals surface area contributed by atoms with E-state index >= 15 is 0 Å². The van der Waals surface area contributed by atoms with Crippen LogP contribution in [0, 0.1) is 12.7 Å². The van der Waals surface area contributed by atoms with Crippen LogP contribution in [-0.2, 0) is 6.42 Å². The number of rotatable bonds is 5. The summed E-state index contributed by atoms with van der Waals surface area (Å²) in [6, 6.07) is 16.1. The first-order valence-electron chi connectivity index (χ1n) is 9.46. The van der Waals surface area contributed by atoms with Crippen LogP contribution in [0.1, 0.15) is 33.6 Å². The average molecular weight is 402 g/mol. The number of fused-ring (bicyclic) bond motifs is 1. The minimum Gasteiger partial charge on any atom is -0.343 e. The number of benzene rings is 2. The van der Waals surface area contributed by atoms with Crippen LogP contribution in [0.5, 0.6) is 0 Å². The number of nitrogens with zero attached hydrogens (tertiary/aromatic N) is 2. The van der Waals surface area contributed by atoms with Crippen molar-refractivity contribution in [2.45, 2.75) is 19.4 Å². The highest BCUT2D eigenvalue weighted by atomic mass is 19.1. The molecule has 0 fully saturated rings. The van der Waals surface area contributed by atoms with Crippen molar-refractivity contribution in [3.63, 3.8) is 0 Å². The summed E-state index contributed by atoms with van der Waals surface area (Å²) in [4.78, 5) is 36.1. The molecule has 7 heteroatoms. The van der Waals surface area contributed by atoms with Crippen LogP contribution in [0.25, 0.3) is 10.8 Å². The molecule has 1 amide bonds. The molecule has 0 spiro atoms. The van der Waals surface area contributed by atoms with Crippen molar-refractivity contribution in [1.29, 1.82) is 0 Å². The van der Waals surface area contributed by atoms with E-state index in [2.05, 4.69) is 20.3 Å². The van der Waals surface area contributed by atoms with E-state index in [0.717, 1.165) is 10.8 Å². The number of aromatic nitrogens is 3. The van der Waals surface area contributed by atoms with Crippen LogP contribution in [0.2, 0.25) is 0 Å². The Balaban J connectivity index is 1.69. The zero-order valence-electron chi connectivity index (χ0n) is 16.2. The number of H-pyrrole nitrogens is 1. The summed E-state index contributed by atoms with van der Waals surface area (Å²) in [6.45, 7) is 1.69. The second-order valence-electron chi connectivity index (χ2n) is 6.98. The van der Waals surface area contributed by atoms with Crippen LogP contribution in [0.3, 0.4) is 0 Å². The molecular formula is C23H19FN4O2. The number of carbonyl (C=O) groups is 1. The summed E-state index contributed by atoms with van der Waals surface area (Å²) in [5, 5.41) is 4.61. The fourth-order valence-electron chi connectivity index (χ4n) is 3.43. The highest BCUT2D eigenvalue weighted by Crippen LogP contribution is 2.21. The lowest BCUT2D eigenvalue weighted by Crippen LogP contribution is -2.31. The minimum atomic E-state index is -0.521. The van der Waals surface area contributed by atoms with E-state index in [1.165, 1.54) is 18.2 Å². The van der Waals surface area contributed by atoms with Crippen molar-refractivity contribution in [3.05, 3.63) is 106 Å². The van der Waals surface area contributed by atoms with Gasteiger partial charge in [0, 0.05) is 24.1 Å². The Bertz CT molecular complexity index is 1260. The van der Waals surface area contributed by atoms with E-state index in [4.69, 9.17) is 0 Å². The number of amides is 1. The summed E-state index contributed by atoms with van der Waals surface area (Å²) < 4.78 is 13.4. The lowest BCUT2D eigenvalue weighted by atomic mass is 10.0. The van der Waals surface area contributed by atoms with Gasteiger partial charge in [-0.15, -0.1) is 0 Å². The van der Waals surface area contributed by atoms with E-state index in [0.29, 0.717) is 22.8 Å². The predicted octanol–water partition coefficient (Wildman–Crippen LogP) is 3.48. The normalized spacial score (nSPS) is 11.9. The van der Waals surface area contributed by atoms with Crippen LogP contribution >= 0.6 is 0 Å². The molecule has 2 aromatic carbocycles. The molecule has 0 aliphatic rings. The molecule has 0 bridgehead atoms. The van der Waals surface area contributed by atoms with Gasteiger partial charge in [0.05, 0.1) is 11.7 Å². The molecule has 2 aromatic heterocycles. The maximum Gasteiger partial charge on any atom is 0.271 e. The fourth-order valence-corrected chi connectivity index (χ4v) is 3.43. The molecule has 4 rings (SSSR count). The third-order valence-electron chi connectivity index (χ3n) is 4.79. The summed E-state index contributed by atoms with van der Waals surface area (Å²) in [5.74, 6) is -0.246. The standard InChI is InChI=1S/C23H19FN4O2/c1-14-26-18(13-21(29)27-14)12-20(16-6-8-17(24)9-7-16)28-23(30)22-19-5-3-2-4-15(19)10-11-25-22/h2-11,13,20H,12H2,1H3,(H,28,30)(H,26,27,29)/t20-/m1/s1. The zero-order valence-corrected chi connectivity index (χ0v) is 16.2. The number of aromatic amines is 1. The Hall–Kier alpha value is -3.87. The lowest BCUT2D eigenvalue weighted by Gasteiger charge is -2.19. The molecule has 4 aromatic rings. The Kier molecular flexibility index (Phi) is 5.34. The molecule has 0 unspecified atom stereocenters. The first-order chi connectivity index (χ1) is 14.5. The average Bonchev–Trinajstić information content (AvgIpc) is 2.72. The van der Waals surface area contributed by atoms with Gasteiger partial charge < -0.3 is 10.3 Å². The predicted molar refractivity (Wildman–Crippen MR) is 112 cm³/mol. The molecular weight excluding hydrogens is 383 g/mol. The quantitative estimate of drug-likeness (QED) is 0.535. The molecule has 150 valence electrons. The van der Waals surface area contributed by atoms with E-state index in [9.17, 15) is 14.0 Å². The third kappa shape index (κ3) is 4.25. The summed E-state index contributed by atoms with van der Waals surface area (Å²) in [6.07, 6.45) is 1.86. The van der Waals surface area contributed by atoms with Gasteiger partial charge in [0.25, 0.3) is 11.5 Å². The van der Waals surface area contributed by atoms with Crippen molar-refractivity contribution < 1.29 is 9.18 Å². The van der Waals surface area contributed by atoms with Gasteiger partial charge >= 0.3 is 0 Å². The summed E-state index contributed by atoms with van der Waals surface area (Å²) in [5.41, 5.74) is 1.26. The molecule has 30 heavy (non-hydrogen) atoms. The maximum absolute atomic E-state index is 13.4. The number of aryl methyl sites for hydroxylation is 1. The Labute approximate surface area is 171 Å². The summed E-state index contributed by atoms with van der Waals surface area (Å²) in [7, 11) is 0. The Morgan fingerprint density at radius 3 is 2.67 bits per heavy atom. The van der Waals surface area contributed by atoms with Gasteiger partial charge in [-0.1, -0.05) is 36.4 Å². The highest BCUT2D eigenvalue weighted by molar-refractivity contribution is 6.05. The molecule has 0 saturated carbocycles. The highest BCUT2D eigenvalue weighted by Gasteiger charge is 2.20.